The number of phenols is 1. The molecule has 2 N–H and O–H groups in total. The normalized spacial score (nSPS) is 11.0. The van der Waals surface area contributed by atoms with Crippen molar-refractivity contribution in [1.29, 1.82) is 0 Å². The molecule has 0 atom stereocenters. The van der Waals surface area contributed by atoms with Crippen LogP contribution in [0.15, 0.2) is 88.4 Å². The lowest BCUT2D eigenvalue weighted by Crippen LogP contribution is -2.17. The van der Waals surface area contributed by atoms with Crippen LogP contribution >= 0.6 is 15.9 Å². The number of hydrogen-bond acceptors (Lipinski definition) is 5. The van der Waals surface area contributed by atoms with Crippen molar-refractivity contribution in [2.24, 2.45) is 5.10 Å². The predicted octanol–water partition coefficient (Wildman–Crippen LogP) is 5.66. The summed E-state index contributed by atoms with van der Waals surface area (Å²) in [5, 5.41) is 16.1. The van der Waals surface area contributed by atoms with E-state index in [0.29, 0.717) is 28.1 Å². The van der Waals surface area contributed by atoms with Gasteiger partial charge in [0.2, 0.25) is 0 Å². The molecule has 0 unspecified atom stereocenters. The van der Waals surface area contributed by atoms with Crippen molar-refractivity contribution in [3.63, 3.8) is 0 Å². The van der Waals surface area contributed by atoms with Crippen LogP contribution in [0, 0.1) is 0 Å². The molecule has 1 amide bonds. The first kappa shape index (κ1) is 22.4. The lowest BCUT2D eigenvalue weighted by molar-refractivity contribution is 0.0952. The van der Waals surface area contributed by atoms with Crippen molar-refractivity contribution in [2.75, 3.05) is 7.11 Å². The second kappa shape index (κ2) is 10.2. The number of amides is 1. The largest absolute Gasteiger partial charge is 0.507 e. The zero-order valence-corrected chi connectivity index (χ0v) is 19.4. The van der Waals surface area contributed by atoms with Gasteiger partial charge in [0, 0.05) is 4.47 Å². The van der Waals surface area contributed by atoms with E-state index in [1.165, 1.54) is 18.3 Å². The average molecular weight is 505 g/mol. The third-order valence-corrected chi connectivity index (χ3v) is 5.53. The molecule has 4 aromatic rings. The van der Waals surface area contributed by atoms with Gasteiger partial charge in [0.05, 0.1) is 18.9 Å². The molecule has 4 rings (SSSR count). The van der Waals surface area contributed by atoms with Gasteiger partial charge in [0.15, 0.2) is 11.5 Å². The quantitative estimate of drug-likeness (QED) is 0.251. The molecule has 4 aromatic carbocycles. The summed E-state index contributed by atoms with van der Waals surface area (Å²) in [6.45, 7) is 0.400. The highest BCUT2D eigenvalue weighted by atomic mass is 79.9. The SMILES string of the molecule is COc1cc(/C=N\NC(=O)c2cc(Br)ccc2O)ccc1OCc1cccc2ccccc12. The molecule has 0 bridgehead atoms. The number of aromatic hydroxyl groups is 1. The van der Waals surface area contributed by atoms with Crippen LogP contribution in [0.25, 0.3) is 10.8 Å². The van der Waals surface area contributed by atoms with E-state index in [0.717, 1.165) is 16.3 Å². The Morgan fingerprint density at radius 1 is 1.03 bits per heavy atom. The third kappa shape index (κ3) is 5.32. The van der Waals surface area contributed by atoms with E-state index in [-0.39, 0.29) is 11.3 Å². The molecule has 0 fully saturated rings. The van der Waals surface area contributed by atoms with Crippen LogP contribution in [0.3, 0.4) is 0 Å². The summed E-state index contributed by atoms with van der Waals surface area (Å²) >= 11 is 3.28. The summed E-state index contributed by atoms with van der Waals surface area (Å²) in [6.07, 6.45) is 1.49. The number of nitrogens with one attached hydrogen (secondary N) is 1. The number of rotatable bonds is 7. The number of phenolic OH excluding ortho intramolecular Hbond substituents is 1. The molecular formula is C26H21BrN2O4. The van der Waals surface area contributed by atoms with E-state index in [4.69, 9.17) is 9.47 Å². The Balaban J connectivity index is 1.44. The van der Waals surface area contributed by atoms with Gasteiger partial charge in [-0.15, -0.1) is 0 Å². The summed E-state index contributed by atoms with van der Waals surface area (Å²) in [6, 6.07) is 24.3. The summed E-state index contributed by atoms with van der Waals surface area (Å²) in [7, 11) is 1.57. The van der Waals surface area contributed by atoms with Crippen molar-refractivity contribution in [2.45, 2.75) is 6.61 Å². The van der Waals surface area contributed by atoms with Gasteiger partial charge in [-0.3, -0.25) is 4.79 Å². The first-order chi connectivity index (χ1) is 16.0. The van der Waals surface area contributed by atoms with Crippen LogP contribution in [0.5, 0.6) is 17.2 Å². The number of fused-ring (bicyclic) bond motifs is 1. The monoisotopic (exact) mass is 504 g/mol. The molecule has 0 radical (unpaired) electrons. The fraction of sp³-hybridized carbons (Fsp3) is 0.0769. The summed E-state index contributed by atoms with van der Waals surface area (Å²) in [5.74, 6) is 0.508. The van der Waals surface area contributed by atoms with Gasteiger partial charge in [-0.2, -0.15) is 5.10 Å². The number of carbonyl (C=O) groups is 1. The van der Waals surface area contributed by atoms with Gasteiger partial charge in [-0.1, -0.05) is 58.4 Å². The van der Waals surface area contributed by atoms with Crippen molar-refractivity contribution >= 4 is 38.8 Å². The second-order valence-electron chi connectivity index (χ2n) is 7.20. The van der Waals surface area contributed by atoms with Gasteiger partial charge >= 0.3 is 0 Å². The fourth-order valence-corrected chi connectivity index (χ4v) is 3.73. The van der Waals surface area contributed by atoms with E-state index in [9.17, 15) is 9.90 Å². The van der Waals surface area contributed by atoms with Crippen LogP contribution in [0.2, 0.25) is 0 Å². The van der Waals surface area contributed by atoms with Gasteiger partial charge in [-0.25, -0.2) is 5.43 Å². The van der Waals surface area contributed by atoms with Crippen molar-refractivity contribution in [3.05, 3.63) is 100 Å². The van der Waals surface area contributed by atoms with Crippen LogP contribution in [-0.4, -0.2) is 24.3 Å². The van der Waals surface area contributed by atoms with Crippen LogP contribution < -0.4 is 14.9 Å². The van der Waals surface area contributed by atoms with E-state index in [1.807, 2.05) is 30.3 Å². The van der Waals surface area contributed by atoms with Gasteiger partial charge in [-0.05, 0) is 58.3 Å². The maximum atomic E-state index is 12.2. The number of hydrazone groups is 1. The highest BCUT2D eigenvalue weighted by Crippen LogP contribution is 2.29. The molecule has 0 aliphatic carbocycles. The number of methoxy groups -OCH3 is 1. The molecule has 166 valence electrons. The molecule has 0 heterocycles. The zero-order chi connectivity index (χ0) is 23.2. The number of nitrogens with zero attached hydrogens (tertiary/aromatic N) is 1. The Hall–Kier alpha value is -3.84. The highest BCUT2D eigenvalue weighted by molar-refractivity contribution is 9.10. The van der Waals surface area contributed by atoms with Gasteiger partial charge in [0.1, 0.15) is 12.4 Å². The van der Waals surface area contributed by atoms with Crippen LogP contribution in [0.1, 0.15) is 21.5 Å². The van der Waals surface area contributed by atoms with E-state index >= 15 is 0 Å². The van der Waals surface area contributed by atoms with Crippen molar-refractivity contribution < 1.29 is 19.4 Å². The molecular weight excluding hydrogens is 484 g/mol. The predicted molar refractivity (Wildman–Crippen MR) is 132 cm³/mol. The Bertz CT molecular complexity index is 1330. The minimum atomic E-state index is -0.521. The smallest absolute Gasteiger partial charge is 0.275 e. The Labute approximate surface area is 199 Å². The maximum absolute atomic E-state index is 12.2. The summed E-state index contributed by atoms with van der Waals surface area (Å²) < 4.78 is 12.2. The van der Waals surface area contributed by atoms with Gasteiger partial charge < -0.3 is 14.6 Å². The average Bonchev–Trinajstić information content (AvgIpc) is 2.84. The molecule has 0 saturated heterocycles. The number of halogens is 1. The van der Waals surface area contributed by atoms with Gasteiger partial charge in [0.25, 0.3) is 5.91 Å². The lowest BCUT2D eigenvalue weighted by Gasteiger charge is -2.12. The summed E-state index contributed by atoms with van der Waals surface area (Å²) in [5.41, 5.74) is 4.32. The second-order valence-corrected chi connectivity index (χ2v) is 8.11. The van der Waals surface area contributed by atoms with Crippen LogP contribution in [-0.2, 0) is 6.61 Å². The molecule has 0 aromatic heterocycles. The third-order valence-electron chi connectivity index (χ3n) is 5.03. The zero-order valence-electron chi connectivity index (χ0n) is 17.8. The van der Waals surface area contributed by atoms with Crippen molar-refractivity contribution in [3.8, 4) is 17.2 Å². The first-order valence-electron chi connectivity index (χ1n) is 10.1. The van der Waals surface area contributed by atoms with Crippen LogP contribution in [0.4, 0.5) is 0 Å². The first-order valence-corrected chi connectivity index (χ1v) is 10.9. The Kier molecular flexibility index (Phi) is 6.90. The standard InChI is InChI=1S/C26H21BrN2O4/c1-32-25-13-17(15-28-29-26(31)22-14-20(27)10-11-23(22)30)9-12-24(25)33-16-19-7-4-6-18-5-2-3-8-21(18)19/h2-15,30H,16H2,1H3,(H,29,31)/b28-15-. The maximum Gasteiger partial charge on any atom is 0.275 e. The number of carbonyl (C=O) groups excluding carboxylic acids is 1. The van der Waals surface area contributed by atoms with Crippen molar-refractivity contribution in [1.82, 2.24) is 5.43 Å². The number of ether oxygens (including phenoxy) is 2. The Morgan fingerprint density at radius 2 is 1.85 bits per heavy atom. The lowest BCUT2D eigenvalue weighted by atomic mass is 10.1. The van der Waals surface area contributed by atoms with E-state index in [2.05, 4.69) is 44.7 Å². The molecule has 0 spiro atoms. The molecule has 0 aliphatic heterocycles. The minimum Gasteiger partial charge on any atom is -0.507 e. The highest BCUT2D eigenvalue weighted by Gasteiger charge is 2.11. The van der Waals surface area contributed by atoms with E-state index < -0.39 is 5.91 Å². The number of hydrogen-bond donors (Lipinski definition) is 2. The molecule has 7 heteroatoms. The molecule has 33 heavy (non-hydrogen) atoms. The number of benzene rings is 4. The summed E-state index contributed by atoms with van der Waals surface area (Å²) in [4.78, 5) is 12.2. The minimum absolute atomic E-state index is 0.122. The fourth-order valence-electron chi connectivity index (χ4n) is 3.37. The molecule has 6 nitrogen and oxygen atoms in total. The van der Waals surface area contributed by atoms with E-state index in [1.54, 1.807) is 25.3 Å². The topological polar surface area (TPSA) is 80.2 Å². The Morgan fingerprint density at radius 3 is 2.70 bits per heavy atom. The molecule has 0 aliphatic rings. The molecule has 0 saturated carbocycles.